The number of carbonyl (C=O) groups is 1. The van der Waals surface area contributed by atoms with Crippen molar-refractivity contribution >= 4 is 27.3 Å². The van der Waals surface area contributed by atoms with E-state index in [0.29, 0.717) is 24.6 Å². The van der Waals surface area contributed by atoms with Crippen LogP contribution in [0.25, 0.3) is 16.6 Å². The van der Waals surface area contributed by atoms with E-state index in [4.69, 9.17) is 4.74 Å². The zero-order valence-electron chi connectivity index (χ0n) is 19.1. The van der Waals surface area contributed by atoms with Gasteiger partial charge in [-0.25, -0.2) is 22.4 Å². The van der Waals surface area contributed by atoms with Crippen molar-refractivity contribution in [3.05, 3.63) is 53.3 Å². The highest BCUT2D eigenvalue weighted by Gasteiger charge is 2.42. The molecule has 0 radical (unpaired) electrons. The second kappa shape index (κ2) is 8.09. The van der Waals surface area contributed by atoms with Crippen molar-refractivity contribution in [2.45, 2.75) is 69.3 Å². The fourth-order valence-corrected chi connectivity index (χ4v) is 6.60. The zero-order chi connectivity index (χ0) is 23.4. The van der Waals surface area contributed by atoms with Gasteiger partial charge in [0, 0.05) is 18.0 Å². The minimum atomic E-state index is -3.77. The van der Waals surface area contributed by atoms with Crippen LogP contribution in [0.3, 0.4) is 0 Å². The predicted molar refractivity (Wildman–Crippen MR) is 129 cm³/mol. The van der Waals surface area contributed by atoms with Crippen LogP contribution in [-0.2, 0) is 27.6 Å². The van der Waals surface area contributed by atoms with Gasteiger partial charge in [0.15, 0.2) is 0 Å². The smallest absolute Gasteiger partial charge is 0.332 e. The SMILES string of the molecule is Cc1cc2c(c(NC(=O)NS(=O)(=O)C3CC(OC4CC4)C3)c1-c1ccn3nccc3c1)CCC2. The molecule has 2 fully saturated rings. The van der Waals surface area contributed by atoms with E-state index in [-0.39, 0.29) is 6.10 Å². The number of aromatic nitrogens is 2. The number of pyridine rings is 1. The van der Waals surface area contributed by atoms with Crippen LogP contribution in [0.5, 0.6) is 0 Å². The molecule has 2 N–H and O–H groups in total. The fraction of sp³-hybridized carbons (Fsp3) is 0.440. The van der Waals surface area contributed by atoms with Crippen LogP contribution in [0.2, 0.25) is 0 Å². The van der Waals surface area contributed by atoms with Gasteiger partial charge in [-0.1, -0.05) is 6.07 Å². The van der Waals surface area contributed by atoms with Crippen molar-refractivity contribution < 1.29 is 17.9 Å². The third kappa shape index (κ3) is 3.96. The molecule has 1 aromatic carbocycles. The number of carbonyl (C=O) groups excluding carboxylic acids is 1. The molecule has 0 atom stereocenters. The average Bonchev–Trinajstić information content (AvgIpc) is 3.24. The Morgan fingerprint density at radius 1 is 1.15 bits per heavy atom. The number of urea groups is 1. The van der Waals surface area contributed by atoms with E-state index in [0.717, 1.165) is 59.9 Å². The van der Waals surface area contributed by atoms with Crippen LogP contribution in [0.4, 0.5) is 10.5 Å². The number of aryl methyl sites for hydroxylation is 2. The highest BCUT2D eigenvalue weighted by Crippen LogP contribution is 2.40. The monoisotopic (exact) mass is 480 g/mol. The lowest BCUT2D eigenvalue weighted by Crippen LogP contribution is -2.49. The summed E-state index contributed by atoms with van der Waals surface area (Å²) in [5.41, 5.74) is 6.86. The first kappa shape index (κ1) is 21.6. The number of amides is 2. The molecular weight excluding hydrogens is 452 g/mol. The summed E-state index contributed by atoms with van der Waals surface area (Å²) in [5, 5.41) is 6.59. The number of rotatable bonds is 6. The van der Waals surface area contributed by atoms with Gasteiger partial charge in [-0.2, -0.15) is 5.10 Å². The quantitative estimate of drug-likeness (QED) is 0.556. The molecule has 3 aromatic rings. The van der Waals surface area contributed by atoms with E-state index < -0.39 is 21.3 Å². The number of fused-ring (bicyclic) bond motifs is 2. The topological polar surface area (TPSA) is 102 Å². The van der Waals surface area contributed by atoms with Gasteiger partial charge in [0.25, 0.3) is 0 Å². The van der Waals surface area contributed by atoms with Crippen LogP contribution >= 0.6 is 0 Å². The number of nitrogens with one attached hydrogen (secondary N) is 2. The van der Waals surface area contributed by atoms with Gasteiger partial charge in [-0.3, -0.25) is 0 Å². The summed E-state index contributed by atoms with van der Waals surface area (Å²) in [5.74, 6) is 0. The maximum atomic E-state index is 13.0. The third-order valence-corrected chi connectivity index (χ3v) is 8.89. The molecule has 0 spiro atoms. The molecule has 2 amide bonds. The van der Waals surface area contributed by atoms with Crippen molar-refractivity contribution in [1.82, 2.24) is 14.3 Å². The molecule has 178 valence electrons. The van der Waals surface area contributed by atoms with Crippen LogP contribution in [0, 0.1) is 6.92 Å². The number of ether oxygens (including phenoxy) is 1. The van der Waals surface area contributed by atoms with Crippen molar-refractivity contribution in [2.24, 2.45) is 0 Å². The minimum absolute atomic E-state index is 0.0118. The summed E-state index contributed by atoms with van der Waals surface area (Å²) in [4.78, 5) is 13.0. The largest absolute Gasteiger partial charge is 0.375 e. The standard InChI is InChI=1S/C25H28N4O4S/c1-15-11-16-3-2-4-22(16)24(23(15)17-8-10-29-18(12-17)7-9-26-29)27-25(30)28-34(31,32)21-13-20(14-21)33-19-5-6-19/h7-12,19-21H,2-6,13-14H2,1H3,(H2,27,28,30). The van der Waals surface area contributed by atoms with Crippen molar-refractivity contribution in [3.8, 4) is 11.1 Å². The lowest BCUT2D eigenvalue weighted by Gasteiger charge is -2.34. The van der Waals surface area contributed by atoms with Gasteiger partial charge < -0.3 is 10.1 Å². The molecule has 8 nitrogen and oxygen atoms in total. The van der Waals surface area contributed by atoms with E-state index in [1.165, 1.54) is 5.56 Å². The van der Waals surface area contributed by atoms with E-state index in [2.05, 4.69) is 21.2 Å². The number of anilines is 1. The number of nitrogens with zero attached hydrogens (tertiary/aromatic N) is 2. The first-order chi connectivity index (χ1) is 16.4. The van der Waals surface area contributed by atoms with Crippen LogP contribution in [0.15, 0.2) is 36.7 Å². The van der Waals surface area contributed by atoms with Crippen molar-refractivity contribution in [2.75, 3.05) is 5.32 Å². The molecule has 2 saturated carbocycles. The third-order valence-electron chi connectivity index (χ3n) is 7.16. The first-order valence-electron chi connectivity index (χ1n) is 11.9. The highest BCUT2D eigenvalue weighted by atomic mass is 32.2. The number of benzene rings is 1. The number of sulfonamides is 1. The number of hydrogen-bond donors (Lipinski definition) is 2. The molecule has 2 heterocycles. The van der Waals surface area contributed by atoms with Gasteiger partial charge in [-0.05, 0) is 92.3 Å². The molecule has 0 saturated heterocycles. The summed E-state index contributed by atoms with van der Waals surface area (Å²) in [7, 11) is -3.77. The number of hydrogen-bond acceptors (Lipinski definition) is 5. The maximum absolute atomic E-state index is 13.0. The molecule has 9 heteroatoms. The Hall–Kier alpha value is -2.91. The Labute approximate surface area is 198 Å². The second-order valence-electron chi connectivity index (χ2n) is 9.70. The first-order valence-corrected chi connectivity index (χ1v) is 13.5. The molecule has 0 unspecified atom stereocenters. The molecule has 3 aliphatic rings. The normalized spacial score (nSPS) is 21.8. The summed E-state index contributed by atoms with van der Waals surface area (Å²) in [6.45, 7) is 2.03. The van der Waals surface area contributed by atoms with Crippen LogP contribution in [0.1, 0.15) is 48.8 Å². The molecule has 6 rings (SSSR count). The molecule has 3 aliphatic carbocycles. The van der Waals surface area contributed by atoms with Crippen LogP contribution in [-0.4, -0.2) is 41.5 Å². The van der Waals surface area contributed by atoms with Crippen molar-refractivity contribution in [1.29, 1.82) is 0 Å². The van der Waals surface area contributed by atoms with Gasteiger partial charge in [0.1, 0.15) is 0 Å². The van der Waals surface area contributed by atoms with E-state index in [9.17, 15) is 13.2 Å². The summed E-state index contributed by atoms with van der Waals surface area (Å²) in [6.07, 6.45) is 9.74. The van der Waals surface area contributed by atoms with Gasteiger partial charge >= 0.3 is 6.03 Å². The van der Waals surface area contributed by atoms with E-state index in [1.807, 2.05) is 31.3 Å². The molecule has 0 aliphatic heterocycles. The summed E-state index contributed by atoms with van der Waals surface area (Å²) in [6, 6.07) is 7.41. The molecule has 2 aromatic heterocycles. The predicted octanol–water partition coefficient (Wildman–Crippen LogP) is 3.96. The highest BCUT2D eigenvalue weighted by molar-refractivity contribution is 7.90. The van der Waals surface area contributed by atoms with E-state index >= 15 is 0 Å². The Bertz CT molecular complexity index is 1390. The van der Waals surface area contributed by atoms with Gasteiger partial charge in [-0.15, -0.1) is 0 Å². The maximum Gasteiger partial charge on any atom is 0.332 e. The molecule has 0 bridgehead atoms. The second-order valence-corrected chi connectivity index (χ2v) is 11.7. The van der Waals surface area contributed by atoms with Crippen LogP contribution < -0.4 is 10.0 Å². The average molecular weight is 481 g/mol. The van der Waals surface area contributed by atoms with Gasteiger partial charge in [0.2, 0.25) is 10.0 Å². The lowest BCUT2D eigenvalue weighted by atomic mass is 9.93. The molecule has 34 heavy (non-hydrogen) atoms. The fourth-order valence-electron chi connectivity index (χ4n) is 5.19. The Kier molecular flexibility index (Phi) is 5.14. The lowest BCUT2D eigenvalue weighted by molar-refractivity contribution is -0.00688. The summed E-state index contributed by atoms with van der Waals surface area (Å²) < 4.78 is 35.4. The molecular formula is C25H28N4O4S. The Morgan fingerprint density at radius 2 is 1.97 bits per heavy atom. The summed E-state index contributed by atoms with van der Waals surface area (Å²) >= 11 is 0. The van der Waals surface area contributed by atoms with E-state index in [1.54, 1.807) is 10.7 Å². The minimum Gasteiger partial charge on any atom is -0.375 e. The zero-order valence-corrected chi connectivity index (χ0v) is 19.9. The van der Waals surface area contributed by atoms with Gasteiger partial charge in [0.05, 0.1) is 28.7 Å². The van der Waals surface area contributed by atoms with Crippen molar-refractivity contribution in [3.63, 3.8) is 0 Å². The Balaban J connectivity index is 1.26. The Morgan fingerprint density at radius 3 is 2.76 bits per heavy atom.